The van der Waals surface area contributed by atoms with Gasteiger partial charge in [0.25, 0.3) is 5.91 Å². The molecule has 1 amide bonds. The molecule has 1 atom stereocenters. The van der Waals surface area contributed by atoms with Gasteiger partial charge in [0, 0.05) is 52.3 Å². The first-order chi connectivity index (χ1) is 12.8. The summed E-state index contributed by atoms with van der Waals surface area (Å²) in [5.74, 6) is 1.93. The van der Waals surface area contributed by atoms with Crippen LogP contribution in [0.5, 0.6) is 0 Å². The Morgan fingerprint density at radius 1 is 1.33 bits per heavy atom. The molecule has 2 aliphatic heterocycles. The lowest BCUT2D eigenvalue weighted by atomic mass is 10.2. The summed E-state index contributed by atoms with van der Waals surface area (Å²) in [7, 11) is 0. The van der Waals surface area contributed by atoms with Crippen molar-refractivity contribution >= 4 is 35.8 Å². The average Bonchev–Trinajstić information content (AvgIpc) is 3.38. The van der Waals surface area contributed by atoms with Gasteiger partial charge in [-0.1, -0.05) is 6.08 Å². The Labute approximate surface area is 177 Å². The SMILES string of the molecule is C=CCNC(=NCCc1ccco1)N1CCN(C(=O)C2CCCO2)CC1.I. The van der Waals surface area contributed by atoms with Gasteiger partial charge in [-0.3, -0.25) is 9.79 Å². The molecular weight excluding hydrogens is 459 g/mol. The smallest absolute Gasteiger partial charge is 0.251 e. The van der Waals surface area contributed by atoms with E-state index in [0.29, 0.717) is 32.8 Å². The number of carbonyl (C=O) groups excluding carboxylic acids is 1. The molecule has 3 heterocycles. The third-order valence-corrected chi connectivity index (χ3v) is 4.70. The monoisotopic (exact) mass is 488 g/mol. The summed E-state index contributed by atoms with van der Waals surface area (Å²) in [6.45, 7) is 8.71. The highest BCUT2D eigenvalue weighted by Gasteiger charge is 2.30. The van der Waals surface area contributed by atoms with Crippen LogP contribution in [0.25, 0.3) is 0 Å². The quantitative estimate of drug-likeness (QED) is 0.287. The second-order valence-corrected chi connectivity index (χ2v) is 6.52. The van der Waals surface area contributed by atoms with E-state index in [2.05, 4.69) is 16.8 Å². The number of guanidine groups is 1. The minimum absolute atomic E-state index is 0. The molecule has 150 valence electrons. The molecule has 1 N–H and O–H groups in total. The fourth-order valence-corrected chi connectivity index (χ4v) is 3.27. The normalized spacial score (nSPS) is 20.3. The van der Waals surface area contributed by atoms with Crippen LogP contribution >= 0.6 is 24.0 Å². The highest BCUT2D eigenvalue weighted by molar-refractivity contribution is 14.0. The molecular formula is C19H29IN4O3. The number of nitrogens with zero attached hydrogens (tertiary/aromatic N) is 3. The highest BCUT2D eigenvalue weighted by Crippen LogP contribution is 2.16. The number of furan rings is 1. The number of piperazine rings is 1. The van der Waals surface area contributed by atoms with E-state index in [-0.39, 0.29) is 36.0 Å². The number of rotatable bonds is 6. The summed E-state index contributed by atoms with van der Waals surface area (Å²) in [5, 5.41) is 3.32. The maximum Gasteiger partial charge on any atom is 0.251 e. The Bertz CT molecular complexity index is 606. The van der Waals surface area contributed by atoms with Gasteiger partial charge in [0.2, 0.25) is 0 Å². The number of hydrogen-bond acceptors (Lipinski definition) is 4. The Hall–Kier alpha value is -1.55. The van der Waals surface area contributed by atoms with Gasteiger partial charge in [-0.25, -0.2) is 0 Å². The van der Waals surface area contributed by atoms with Crippen molar-refractivity contribution in [3.05, 3.63) is 36.8 Å². The zero-order valence-electron chi connectivity index (χ0n) is 15.6. The number of nitrogens with one attached hydrogen (secondary N) is 1. The van der Waals surface area contributed by atoms with Crippen LogP contribution in [-0.2, 0) is 16.0 Å². The van der Waals surface area contributed by atoms with Crippen molar-refractivity contribution in [1.29, 1.82) is 0 Å². The molecule has 2 saturated heterocycles. The summed E-state index contributed by atoms with van der Waals surface area (Å²) < 4.78 is 10.9. The molecule has 1 aromatic rings. The van der Waals surface area contributed by atoms with Crippen molar-refractivity contribution in [2.24, 2.45) is 4.99 Å². The van der Waals surface area contributed by atoms with E-state index in [1.807, 2.05) is 23.1 Å². The molecule has 2 fully saturated rings. The third kappa shape index (κ3) is 6.24. The van der Waals surface area contributed by atoms with Gasteiger partial charge in [0.05, 0.1) is 6.26 Å². The van der Waals surface area contributed by atoms with Crippen LogP contribution in [0, 0.1) is 0 Å². The number of carbonyl (C=O) groups is 1. The average molecular weight is 488 g/mol. The van der Waals surface area contributed by atoms with E-state index < -0.39 is 0 Å². The minimum atomic E-state index is -0.234. The number of hydrogen-bond donors (Lipinski definition) is 1. The lowest BCUT2D eigenvalue weighted by Crippen LogP contribution is -2.55. The van der Waals surface area contributed by atoms with Gasteiger partial charge in [0.1, 0.15) is 11.9 Å². The predicted octanol–water partition coefficient (Wildman–Crippen LogP) is 1.89. The first-order valence-electron chi connectivity index (χ1n) is 9.35. The molecule has 8 heteroatoms. The van der Waals surface area contributed by atoms with Crippen molar-refractivity contribution in [2.45, 2.75) is 25.4 Å². The van der Waals surface area contributed by atoms with Crippen LogP contribution in [0.2, 0.25) is 0 Å². The minimum Gasteiger partial charge on any atom is -0.469 e. The standard InChI is InChI=1S/C19H28N4O3.HI/c1-2-8-20-19(21-9-7-16-5-3-14-25-16)23-12-10-22(11-13-23)18(24)17-6-4-15-26-17;/h2-3,5,14,17H,1,4,6-13,15H2,(H,20,21);1H. The molecule has 1 unspecified atom stereocenters. The second kappa shape index (κ2) is 11.3. The van der Waals surface area contributed by atoms with Crippen LogP contribution < -0.4 is 5.32 Å². The Kier molecular flexibility index (Phi) is 9.12. The highest BCUT2D eigenvalue weighted by atomic mass is 127. The van der Waals surface area contributed by atoms with E-state index in [9.17, 15) is 4.79 Å². The van der Waals surface area contributed by atoms with E-state index in [4.69, 9.17) is 14.1 Å². The second-order valence-electron chi connectivity index (χ2n) is 6.52. The van der Waals surface area contributed by atoms with Crippen molar-refractivity contribution in [2.75, 3.05) is 45.9 Å². The van der Waals surface area contributed by atoms with Crippen molar-refractivity contribution in [1.82, 2.24) is 15.1 Å². The topological polar surface area (TPSA) is 70.3 Å². The summed E-state index contributed by atoms with van der Waals surface area (Å²) in [5.41, 5.74) is 0. The number of halogens is 1. The summed E-state index contributed by atoms with van der Waals surface area (Å²) >= 11 is 0. The zero-order chi connectivity index (χ0) is 18.2. The Morgan fingerprint density at radius 3 is 2.74 bits per heavy atom. The maximum absolute atomic E-state index is 12.5. The van der Waals surface area contributed by atoms with Crippen molar-refractivity contribution in [3.8, 4) is 0 Å². The predicted molar refractivity (Wildman–Crippen MR) is 115 cm³/mol. The van der Waals surface area contributed by atoms with Gasteiger partial charge in [0.15, 0.2) is 5.96 Å². The molecule has 0 bridgehead atoms. The number of aliphatic imine (C=N–C) groups is 1. The van der Waals surface area contributed by atoms with Crippen molar-refractivity contribution < 1.29 is 13.9 Å². The molecule has 0 aliphatic carbocycles. The molecule has 7 nitrogen and oxygen atoms in total. The molecule has 0 saturated carbocycles. The van der Waals surface area contributed by atoms with Crippen molar-refractivity contribution in [3.63, 3.8) is 0 Å². The molecule has 0 spiro atoms. The first-order valence-corrected chi connectivity index (χ1v) is 9.35. The van der Waals surface area contributed by atoms with Crippen LogP contribution in [0.15, 0.2) is 40.5 Å². The van der Waals surface area contributed by atoms with E-state index in [1.165, 1.54) is 0 Å². The summed E-state index contributed by atoms with van der Waals surface area (Å²) in [6.07, 6.45) is 5.86. The van der Waals surface area contributed by atoms with Crippen LogP contribution in [0.4, 0.5) is 0 Å². The van der Waals surface area contributed by atoms with Gasteiger partial charge < -0.3 is 24.3 Å². The van der Waals surface area contributed by atoms with E-state index in [0.717, 1.165) is 44.1 Å². The van der Waals surface area contributed by atoms with Gasteiger partial charge in [-0.15, -0.1) is 30.6 Å². The van der Waals surface area contributed by atoms with Gasteiger partial charge in [-0.05, 0) is 25.0 Å². The fourth-order valence-electron chi connectivity index (χ4n) is 3.27. The largest absolute Gasteiger partial charge is 0.469 e. The summed E-state index contributed by atoms with van der Waals surface area (Å²) in [6, 6.07) is 3.85. The number of amides is 1. The molecule has 0 aromatic carbocycles. The van der Waals surface area contributed by atoms with Crippen LogP contribution in [0.1, 0.15) is 18.6 Å². The van der Waals surface area contributed by atoms with Gasteiger partial charge >= 0.3 is 0 Å². The van der Waals surface area contributed by atoms with E-state index >= 15 is 0 Å². The van der Waals surface area contributed by atoms with Gasteiger partial charge in [-0.2, -0.15) is 0 Å². The van der Waals surface area contributed by atoms with Crippen LogP contribution in [0.3, 0.4) is 0 Å². The Balaban J connectivity index is 0.00000261. The molecule has 0 radical (unpaired) electrons. The third-order valence-electron chi connectivity index (χ3n) is 4.70. The molecule has 3 rings (SSSR count). The zero-order valence-corrected chi connectivity index (χ0v) is 18.0. The molecule has 2 aliphatic rings. The molecule has 27 heavy (non-hydrogen) atoms. The molecule has 1 aromatic heterocycles. The first kappa shape index (κ1) is 21.7. The lowest BCUT2D eigenvalue weighted by Gasteiger charge is -2.37. The van der Waals surface area contributed by atoms with Crippen LogP contribution in [-0.4, -0.2) is 73.6 Å². The summed E-state index contributed by atoms with van der Waals surface area (Å²) in [4.78, 5) is 21.3. The number of ether oxygens (including phenoxy) is 1. The van der Waals surface area contributed by atoms with E-state index in [1.54, 1.807) is 6.26 Å². The fraction of sp³-hybridized carbons (Fsp3) is 0.579. The lowest BCUT2D eigenvalue weighted by molar-refractivity contribution is -0.142. The maximum atomic E-state index is 12.5. The Morgan fingerprint density at radius 2 is 2.11 bits per heavy atom.